The average Bonchev–Trinajstić information content (AvgIpc) is 3.42. The number of nitrogens with one attached hydrogen (secondary N) is 3. The largest absolute Gasteiger partial charge is 0.353 e. The molecule has 2 aromatic rings. The molecule has 4 rings (SSSR count). The fourth-order valence-electron chi connectivity index (χ4n) is 4.71. The zero-order chi connectivity index (χ0) is 27.3. The first-order valence-electron chi connectivity index (χ1n) is 12.8. The molecule has 6 nitrogen and oxygen atoms in total. The van der Waals surface area contributed by atoms with Crippen molar-refractivity contribution in [1.82, 2.24) is 5.32 Å². The van der Waals surface area contributed by atoms with Crippen molar-refractivity contribution in [3.8, 4) is 6.07 Å². The lowest BCUT2D eigenvalue weighted by Crippen LogP contribution is -2.36. The highest BCUT2D eigenvalue weighted by atomic mass is 32.2. The molecule has 0 bridgehead atoms. The third-order valence-corrected chi connectivity index (χ3v) is 9.16. The van der Waals surface area contributed by atoms with E-state index in [2.05, 4.69) is 42.8 Å². The lowest BCUT2D eigenvalue weighted by Gasteiger charge is -2.32. The Hall–Kier alpha value is -3.15. The highest BCUT2D eigenvalue weighted by Gasteiger charge is 2.40. The molecule has 2 aliphatic rings. The van der Waals surface area contributed by atoms with Gasteiger partial charge in [0.1, 0.15) is 0 Å². The topological polar surface area (TPSA) is 94.0 Å². The van der Waals surface area contributed by atoms with Gasteiger partial charge in [-0.3, -0.25) is 9.59 Å². The lowest BCUT2D eigenvalue weighted by atomic mass is 9.83. The van der Waals surface area contributed by atoms with E-state index in [9.17, 15) is 14.9 Å². The van der Waals surface area contributed by atoms with Gasteiger partial charge in [-0.1, -0.05) is 62.9 Å². The van der Waals surface area contributed by atoms with Crippen LogP contribution in [0.15, 0.2) is 76.5 Å². The Morgan fingerprint density at radius 1 is 1.08 bits per heavy atom. The number of nitrogens with zero attached hydrogens (tertiary/aromatic N) is 1. The Morgan fingerprint density at radius 3 is 2.37 bits per heavy atom. The van der Waals surface area contributed by atoms with Gasteiger partial charge in [-0.15, -0.1) is 0 Å². The molecule has 2 aromatic carbocycles. The molecule has 0 radical (unpaired) electrons. The molecule has 0 aliphatic carbocycles. The first-order chi connectivity index (χ1) is 18.2. The molecule has 38 heavy (non-hydrogen) atoms. The molecule has 1 unspecified atom stereocenters. The van der Waals surface area contributed by atoms with E-state index in [4.69, 9.17) is 0 Å². The fraction of sp³-hybridized carbons (Fsp3) is 0.367. The third-order valence-electron chi connectivity index (χ3n) is 6.69. The molecule has 2 amide bonds. The van der Waals surface area contributed by atoms with Crippen LogP contribution in [0.1, 0.15) is 46.1 Å². The maximum Gasteiger partial charge on any atom is 0.254 e. The van der Waals surface area contributed by atoms with Crippen LogP contribution in [0.4, 0.5) is 11.4 Å². The van der Waals surface area contributed by atoms with Gasteiger partial charge < -0.3 is 16.0 Å². The van der Waals surface area contributed by atoms with Gasteiger partial charge >= 0.3 is 0 Å². The number of amides is 2. The summed E-state index contributed by atoms with van der Waals surface area (Å²) in [6, 6.07) is 19.6. The zero-order valence-corrected chi connectivity index (χ0v) is 23.9. The number of hydrogen-bond donors (Lipinski definition) is 3. The number of anilines is 2. The van der Waals surface area contributed by atoms with Crippen molar-refractivity contribution in [2.24, 2.45) is 5.92 Å². The summed E-state index contributed by atoms with van der Waals surface area (Å²) < 4.78 is 0. The number of benzene rings is 2. The Labute approximate surface area is 233 Å². The van der Waals surface area contributed by atoms with Gasteiger partial charge in [0.2, 0.25) is 5.91 Å². The summed E-state index contributed by atoms with van der Waals surface area (Å²) in [5, 5.41) is 20.3. The predicted molar refractivity (Wildman–Crippen MR) is 159 cm³/mol. The normalized spacial score (nSPS) is 19.6. The van der Waals surface area contributed by atoms with Crippen molar-refractivity contribution in [2.75, 3.05) is 22.1 Å². The highest BCUT2D eigenvalue weighted by molar-refractivity contribution is 8.03. The van der Waals surface area contributed by atoms with E-state index < -0.39 is 0 Å². The second-order valence-electron chi connectivity index (χ2n) is 10.5. The van der Waals surface area contributed by atoms with Crippen LogP contribution in [-0.4, -0.2) is 28.6 Å². The molecular formula is C30H34N4O2S2. The van der Waals surface area contributed by atoms with Crippen LogP contribution in [0.2, 0.25) is 0 Å². The van der Waals surface area contributed by atoms with Crippen molar-refractivity contribution in [2.45, 2.75) is 51.2 Å². The molecule has 2 aliphatic heterocycles. The van der Waals surface area contributed by atoms with Crippen molar-refractivity contribution in [1.29, 1.82) is 5.26 Å². The first kappa shape index (κ1) is 27.9. The number of allylic oxidation sites excluding steroid dienone is 2. The van der Waals surface area contributed by atoms with Gasteiger partial charge in [0, 0.05) is 33.8 Å². The molecule has 198 valence electrons. The molecule has 0 saturated carbocycles. The Kier molecular flexibility index (Phi) is 8.91. The van der Waals surface area contributed by atoms with Crippen LogP contribution >= 0.6 is 23.5 Å². The minimum atomic E-state index is -0.326. The smallest absolute Gasteiger partial charge is 0.254 e. The minimum Gasteiger partial charge on any atom is -0.353 e. The van der Waals surface area contributed by atoms with E-state index >= 15 is 0 Å². The van der Waals surface area contributed by atoms with E-state index in [1.807, 2.05) is 73.3 Å². The van der Waals surface area contributed by atoms with E-state index in [0.29, 0.717) is 21.9 Å². The van der Waals surface area contributed by atoms with Crippen LogP contribution in [-0.2, 0) is 15.0 Å². The molecule has 1 fully saturated rings. The summed E-state index contributed by atoms with van der Waals surface area (Å²) in [6.07, 6.45) is 2.00. The molecule has 0 spiro atoms. The molecular weight excluding hydrogens is 512 g/mol. The highest BCUT2D eigenvalue weighted by Crippen LogP contribution is 2.44. The Bertz CT molecular complexity index is 1280. The number of carbonyl (C=O) groups excluding carboxylic acids is 2. The Balaban J connectivity index is 1.50. The number of rotatable bonds is 7. The number of hydrogen-bond acceptors (Lipinski definition) is 6. The van der Waals surface area contributed by atoms with Gasteiger partial charge in [-0.2, -0.15) is 17.0 Å². The van der Waals surface area contributed by atoms with Crippen LogP contribution in [0.25, 0.3) is 0 Å². The molecule has 2 atom stereocenters. The SMILES string of the molecule is CC1=C(C(=O)Nc2ccccc2)[C@H](C2CCCS2)C(C#N)=C(SCC(=O)Nc2ccc(C(C)(C)C)cc2)N1. The van der Waals surface area contributed by atoms with Crippen molar-refractivity contribution >= 4 is 46.7 Å². The maximum atomic E-state index is 13.4. The molecule has 3 N–H and O–H groups in total. The number of carbonyl (C=O) groups is 2. The van der Waals surface area contributed by atoms with Gasteiger partial charge in [0.15, 0.2) is 0 Å². The zero-order valence-electron chi connectivity index (χ0n) is 22.3. The van der Waals surface area contributed by atoms with E-state index in [-0.39, 0.29) is 34.2 Å². The maximum absolute atomic E-state index is 13.4. The second-order valence-corrected chi connectivity index (χ2v) is 12.9. The summed E-state index contributed by atoms with van der Waals surface area (Å²) in [4.78, 5) is 26.2. The lowest BCUT2D eigenvalue weighted by molar-refractivity contribution is -0.114. The van der Waals surface area contributed by atoms with Crippen LogP contribution in [0.5, 0.6) is 0 Å². The molecule has 8 heteroatoms. The number of thioether (sulfide) groups is 2. The summed E-state index contributed by atoms with van der Waals surface area (Å²) >= 11 is 3.12. The summed E-state index contributed by atoms with van der Waals surface area (Å²) in [6.45, 7) is 8.33. The van der Waals surface area contributed by atoms with Crippen molar-refractivity contribution in [3.63, 3.8) is 0 Å². The number of nitriles is 1. The molecule has 0 aromatic heterocycles. The number of dihydropyridines is 1. The standard InChI is InChI=1S/C30H34N4O2S2/c1-19-26(28(36)34-21-9-6-5-7-10-21)27(24-11-8-16-37-24)23(17-31)29(32-19)38-18-25(35)33-22-14-12-20(13-15-22)30(2,3)4/h5-7,9-10,12-15,24,27,32H,8,11,16,18H2,1-4H3,(H,33,35)(H,34,36)/t24?,27-/m0/s1. The predicted octanol–water partition coefficient (Wildman–Crippen LogP) is 6.42. The quantitative estimate of drug-likeness (QED) is 0.371. The molecule has 1 saturated heterocycles. The van der Waals surface area contributed by atoms with Gasteiger partial charge in [-0.05, 0) is 60.8 Å². The van der Waals surface area contributed by atoms with Gasteiger partial charge in [-0.25, -0.2) is 0 Å². The van der Waals surface area contributed by atoms with Gasteiger partial charge in [0.05, 0.1) is 22.4 Å². The van der Waals surface area contributed by atoms with Crippen LogP contribution in [0.3, 0.4) is 0 Å². The summed E-state index contributed by atoms with van der Waals surface area (Å²) in [5.74, 6) is 0.488. The van der Waals surface area contributed by atoms with E-state index in [1.54, 1.807) is 0 Å². The van der Waals surface area contributed by atoms with Crippen molar-refractivity contribution in [3.05, 3.63) is 82.0 Å². The van der Waals surface area contributed by atoms with Crippen LogP contribution in [0, 0.1) is 17.2 Å². The third kappa shape index (κ3) is 6.64. The van der Waals surface area contributed by atoms with Crippen LogP contribution < -0.4 is 16.0 Å². The average molecular weight is 547 g/mol. The summed E-state index contributed by atoms with van der Waals surface area (Å²) in [5.41, 5.74) is 4.54. The van der Waals surface area contributed by atoms with Gasteiger partial charge in [0.25, 0.3) is 5.91 Å². The minimum absolute atomic E-state index is 0.0432. The summed E-state index contributed by atoms with van der Waals surface area (Å²) in [7, 11) is 0. The fourth-order valence-corrected chi connectivity index (χ4v) is 7.05. The second kappa shape index (κ2) is 12.1. The number of para-hydroxylation sites is 1. The van der Waals surface area contributed by atoms with Crippen molar-refractivity contribution < 1.29 is 9.59 Å². The molecule has 2 heterocycles. The first-order valence-corrected chi connectivity index (χ1v) is 14.8. The van der Waals surface area contributed by atoms with E-state index in [0.717, 1.165) is 30.0 Å². The Morgan fingerprint density at radius 2 is 1.76 bits per heavy atom. The van der Waals surface area contributed by atoms with E-state index in [1.165, 1.54) is 17.3 Å². The monoisotopic (exact) mass is 546 g/mol.